The second kappa shape index (κ2) is 3.65. The van der Waals surface area contributed by atoms with E-state index in [1.807, 2.05) is 0 Å². The van der Waals surface area contributed by atoms with Crippen molar-refractivity contribution in [2.45, 2.75) is 23.7 Å². The zero-order chi connectivity index (χ0) is 8.36. The molecule has 0 amide bonds. The molecule has 0 spiro atoms. The number of rotatable bonds is 1. The van der Waals surface area contributed by atoms with Crippen LogP contribution in [0.15, 0.2) is 0 Å². The smallest absolute Gasteiger partial charge is 0.303 e. The molecule has 0 N–H and O–H groups in total. The molecule has 0 aliphatic carbocycles. The van der Waals surface area contributed by atoms with Crippen molar-refractivity contribution < 1.29 is 9.53 Å². The van der Waals surface area contributed by atoms with Crippen LogP contribution in [0, 0.1) is 0 Å². The fraction of sp³-hybridized carbons (Fsp3) is 0.800. The van der Waals surface area contributed by atoms with E-state index in [1.165, 1.54) is 13.8 Å². The van der Waals surface area contributed by atoms with E-state index in [-0.39, 0.29) is 0 Å². The molecule has 0 heterocycles. The van der Waals surface area contributed by atoms with Crippen molar-refractivity contribution in [1.82, 2.24) is 0 Å². The molecule has 10 heavy (non-hydrogen) atoms. The van der Waals surface area contributed by atoms with Gasteiger partial charge in [-0.05, 0) is 6.92 Å². The van der Waals surface area contributed by atoms with Crippen LogP contribution in [0.25, 0.3) is 0 Å². The van der Waals surface area contributed by atoms with E-state index in [1.54, 1.807) is 0 Å². The van der Waals surface area contributed by atoms with E-state index in [0.717, 1.165) is 0 Å². The Morgan fingerprint density at radius 3 is 2.00 bits per heavy atom. The van der Waals surface area contributed by atoms with Gasteiger partial charge in [0.25, 0.3) is 0 Å². The molecule has 60 valence electrons. The van der Waals surface area contributed by atoms with E-state index in [0.29, 0.717) is 0 Å². The van der Waals surface area contributed by atoms with Crippen LogP contribution in [0.5, 0.6) is 0 Å². The number of halogens is 3. The predicted octanol–water partition coefficient (Wildman–Crippen LogP) is 2.31. The quantitative estimate of drug-likeness (QED) is 0.485. The van der Waals surface area contributed by atoms with Gasteiger partial charge >= 0.3 is 5.97 Å². The summed E-state index contributed by atoms with van der Waals surface area (Å²) in [6.45, 7) is 2.77. The predicted molar refractivity (Wildman–Crippen MR) is 41.5 cm³/mol. The highest BCUT2D eigenvalue weighted by Gasteiger charge is 2.30. The summed E-state index contributed by atoms with van der Waals surface area (Å²) in [6.07, 6.45) is -0.713. The molecular formula is C5H7Cl3O2. The summed E-state index contributed by atoms with van der Waals surface area (Å²) in [5.74, 6) is -0.459. The van der Waals surface area contributed by atoms with Crippen molar-refractivity contribution >= 4 is 40.8 Å². The molecule has 2 nitrogen and oxygen atoms in total. The van der Waals surface area contributed by atoms with Gasteiger partial charge in [0.15, 0.2) is 0 Å². The van der Waals surface area contributed by atoms with Crippen molar-refractivity contribution in [3.63, 3.8) is 0 Å². The van der Waals surface area contributed by atoms with Crippen LogP contribution in [0.4, 0.5) is 0 Å². The van der Waals surface area contributed by atoms with Crippen LogP contribution in [-0.4, -0.2) is 15.9 Å². The minimum atomic E-state index is -1.54. The lowest BCUT2D eigenvalue weighted by Gasteiger charge is -2.18. The average molecular weight is 205 g/mol. The number of carbonyl (C=O) groups is 1. The molecule has 0 fully saturated rings. The zero-order valence-corrected chi connectivity index (χ0v) is 7.80. The van der Waals surface area contributed by atoms with Crippen molar-refractivity contribution in [3.05, 3.63) is 0 Å². The molecule has 0 aliphatic heterocycles. The first-order valence-electron chi connectivity index (χ1n) is 2.58. The van der Waals surface area contributed by atoms with Gasteiger partial charge in [-0.15, -0.1) is 0 Å². The van der Waals surface area contributed by atoms with E-state index < -0.39 is 15.9 Å². The highest BCUT2D eigenvalue weighted by atomic mass is 35.6. The number of carbonyl (C=O) groups excluding carboxylic acids is 1. The van der Waals surface area contributed by atoms with Crippen LogP contribution in [0.2, 0.25) is 0 Å². The largest absolute Gasteiger partial charge is 0.458 e. The summed E-state index contributed by atoms with van der Waals surface area (Å²) in [5, 5.41) is 0. The molecule has 0 aromatic rings. The van der Waals surface area contributed by atoms with Crippen molar-refractivity contribution in [3.8, 4) is 0 Å². The standard InChI is InChI=1S/C5H7Cl3O2/c1-3(5(6,7)8)10-4(2)9/h3H,1-2H3. The van der Waals surface area contributed by atoms with E-state index in [9.17, 15) is 4.79 Å². The molecule has 0 rings (SSSR count). The van der Waals surface area contributed by atoms with Gasteiger partial charge in [0.1, 0.15) is 6.10 Å². The molecular weight excluding hydrogens is 198 g/mol. The summed E-state index contributed by atoms with van der Waals surface area (Å²) >= 11 is 16.1. The lowest BCUT2D eigenvalue weighted by atomic mass is 10.4. The summed E-state index contributed by atoms with van der Waals surface area (Å²) in [6, 6.07) is 0. The highest BCUT2D eigenvalue weighted by molar-refractivity contribution is 6.68. The molecule has 1 unspecified atom stereocenters. The Kier molecular flexibility index (Phi) is 3.77. The van der Waals surface area contributed by atoms with Gasteiger partial charge in [-0.2, -0.15) is 0 Å². The Labute approximate surface area is 74.4 Å². The van der Waals surface area contributed by atoms with Gasteiger partial charge in [-0.3, -0.25) is 4.79 Å². The Morgan fingerprint density at radius 2 is 1.90 bits per heavy atom. The summed E-state index contributed by atoms with van der Waals surface area (Å²) in [5.41, 5.74) is 0. The Hall–Kier alpha value is 0.340. The second-order valence-electron chi connectivity index (χ2n) is 1.79. The summed E-state index contributed by atoms with van der Waals surface area (Å²) < 4.78 is 3.04. The van der Waals surface area contributed by atoms with Gasteiger partial charge in [0, 0.05) is 6.92 Å². The number of hydrogen-bond donors (Lipinski definition) is 0. The third kappa shape index (κ3) is 4.20. The Balaban J connectivity index is 3.85. The monoisotopic (exact) mass is 204 g/mol. The second-order valence-corrected chi connectivity index (χ2v) is 4.16. The maximum atomic E-state index is 10.3. The molecule has 0 saturated carbocycles. The Morgan fingerprint density at radius 1 is 1.50 bits per heavy atom. The van der Waals surface area contributed by atoms with Gasteiger partial charge in [0.2, 0.25) is 3.79 Å². The number of esters is 1. The van der Waals surface area contributed by atoms with Crippen molar-refractivity contribution in [2.24, 2.45) is 0 Å². The highest BCUT2D eigenvalue weighted by Crippen LogP contribution is 2.31. The van der Waals surface area contributed by atoms with Gasteiger partial charge in [-0.25, -0.2) is 0 Å². The topological polar surface area (TPSA) is 26.3 Å². The normalized spacial score (nSPS) is 14.5. The molecule has 0 aromatic carbocycles. The van der Waals surface area contributed by atoms with Crippen LogP contribution in [0.1, 0.15) is 13.8 Å². The maximum Gasteiger partial charge on any atom is 0.303 e. The maximum absolute atomic E-state index is 10.3. The third-order valence-corrected chi connectivity index (χ3v) is 1.73. The molecule has 0 aliphatic rings. The fourth-order valence-corrected chi connectivity index (χ4v) is 0.449. The molecule has 0 bridgehead atoms. The van der Waals surface area contributed by atoms with Crippen molar-refractivity contribution in [2.75, 3.05) is 0 Å². The third-order valence-electron chi connectivity index (χ3n) is 0.804. The first kappa shape index (κ1) is 10.3. The molecule has 5 heteroatoms. The molecule has 1 atom stereocenters. The minimum absolute atomic E-state index is 0.459. The van der Waals surface area contributed by atoms with Crippen LogP contribution in [-0.2, 0) is 9.53 Å². The van der Waals surface area contributed by atoms with Gasteiger partial charge < -0.3 is 4.74 Å². The average Bonchev–Trinajstić information content (AvgIpc) is 1.60. The molecule has 0 aromatic heterocycles. The van der Waals surface area contributed by atoms with Gasteiger partial charge in [0.05, 0.1) is 0 Å². The lowest BCUT2D eigenvalue weighted by Crippen LogP contribution is -2.26. The van der Waals surface area contributed by atoms with Crippen molar-refractivity contribution in [1.29, 1.82) is 0 Å². The van der Waals surface area contributed by atoms with Crippen LogP contribution < -0.4 is 0 Å². The van der Waals surface area contributed by atoms with E-state index in [4.69, 9.17) is 34.8 Å². The summed E-state index contributed by atoms with van der Waals surface area (Å²) in [7, 11) is 0. The SMILES string of the molecule is CC(=O)OC(C)C(Cl)(Cl)Cl. The molecule has 0 radical (unpaired) electrons. The van der Waals surface area contributed by atoms with Crippen LogP contribution in [0.3, 0.4) is 0 Å². The molecule has 0 saturated heterocycles. The van der Waals surface area contributed by atoms with Gasteiger partial charge in [-0.1, -0.05) is 34.8 Å². The number of hydrogen-bond acceptors (Lipinski definition) is 2. The number of alkyl halides is 3. The van der Waals surface area contributed by atoms with E-state index in [2.05, 4.69) is 4.74 Å². The van der Waals surface area contributed by atoms with E-state index >= 15 is 0 Å². The van der Waals surface area contributed by atoms with Crippen LogP contribution >= 0.6 is 34.8 Å². The summed E-state index contributed by atoms with van der Waals surface area (Å²) in [4.78, 5) is 10.3. The zero-order valence-electron chi connectivity index (χ0n) is 5.53. The minimum Gasteiger partial charge on any atom is -0.458 e. The lowest BCUT2D eigenvalue weighted by molar-refractivity contribution is -0.145. The first-order valence-corrected chi connectivity index (χ1v) is 3.71. The Bertz CT molecular complexity index is 129. The first-order chi connectivity index (χ1) is 4.34. The fourth-order valence-electron chi connectivity index (χ4n) is 0.316. The number of ether oxygens (including phenoxy) is 1.